The van der Waals surface area contributed by atoms with E-state index in [1.165, 1.54) is 35.4 Å². The summed E-state index contributed by atoms with van der Waals surface area (Å²) in [6.45, 7) is 33.2. The van der Waals surface area contributed by atoms with Crippen LogP contribution in [-0.4, -0.2) is 132 Å². The summed E-state index contributed by atoms with van der Waals surface area (Å²) in [5.41, 5.74) is 7.51. The number of ether oxygens (including phenoxy) is 2. The quantitative estimate of drug-likeness (QED) is 0.0223. The number of nitrogens with two attached hydrogens (primary N) is 1. The van der Waals surface area contributed by atoms with Crippen LogP contribution in [0.3, 0.4) is 0 Å². The lowest BCUT2D eigenvalue weighted by Gasteiger charge is -2.18. The van der Waals surface area contributed by atoms with Crippen molar-refractivity contribution in [3.8, 4) is 11.5 Å². The number of ketones is 9. The molecular weight excluding hydrogens is 1810 g/mol. The summed E-state index contributed by atoms with van der Waals surface area (Å²) in [4.78, 5) is 159. The maximum atomic E-state index is 12.1. The Hall–Kier alpha value is -12.6. The molecule has 28 heteroatoms. The van der Waals surface area contributed by atoms with Crippen molar-refractivity contribution in [3.63, 3.8) is 0 Å². The fraction of sp³-hybridized carbons (Fsp3) is 0.349. The minimum Gasteiger partial charge on any atom is -0.454 e. The Labute approximate surface area is 796 Å². The zero-order valence-electron chi connectivity index (χ0n) is 79.5. The average molecular weight is 1930 g/mol. The van der Waals surface area contributed by atoms with Crippen LogP contribution in [0.5, 0.6) is 11.5 Å². The lowest BCUT2D eigenvalue weighted by molar-refractivity contribution is -0.126. The van der Waals surface area contributed by atoms with Crippen LogP contribution in [0.1, 0.15) is 242 Å². The van der Waals surface area contributed by atoms with E-state index in [1.54, 1.807) is 135 Å². The van der Waals surface area contributed by atoms with Gasteiger partial charge in [-0.05, 0) is 120 Å². The predicted octanol–water partition coefficient (Wildman–Crippen LogP) is 20.0. The number of nitrogens with one attached hydrogen (secondary N) is 2. The Balaban J connectivity index is 0.000000267. The zero-order valence-corrected chi connectivity index (χ0v) is 82.7. The van der Waals surface area contributed by atoms with Gasteiger partial charge in [-0.2, -0.15) is 0 Å². The fourth-order valence-electron chi connectivity index (χ4n) is 12.3. The van der Waals surface area contributed by atoms with Crippen LogP contribution < -0.4 is 25.2 Å². The first kappa shape index (κ1) is 112. The molecule has 3 aliphatic heterocycles. The molecule has 25 nitrogen and oxygen atoms in total. The van der Waals surface area contributed by atoms with E-state index >= 15 is 0 Å². The summed E-state index contributed by atoms with van der Waals surface area (Å²) in [6.07, 6.45) is 6.00. The van der Waals surface area contributed by atoms with E-state index in [0.29, 0.717) is 70.7 Å². The maximum absolute atomic E-state index is 12.1. The Morgan fingerprint density at radius 3 is 1.41 bits per heavy atom. The number of rotatable bonds is 29. The molecule has 4 N–H and O–H groups in total. The number of imide groups is 2. The third-order valence-electron chi connectivity index (χ3n) is 20.8. The molecule has 8 aromatic carbocycles. The van der Waals surface area contributed by atoms with Gasteiger partial charge >= 0.3 is 6.03 Å². The van der Waals surface area contributed by atoms with Gasteiger partial charge in [0.15, 0.2) is 50.3 Å². The molecule has 13 rings (SSSR count). The van der Waals surface area contributed by atoms with E-state index < -0.39 is 37.8 Å². The minimum absolute atomic E-state index is 0.00124. The second-order valence-corrected chi connectivity index (χ2v) is 39.4. The standard InChI is InChI=1S/C18H20O.C14H18O2.C13H13NO3.C13H13NO.C12H14O3.C10H13NO3S.C9H10BrNO.C9H12O2S.C8H12N2O3/c1-14(2)18(19)13-17(15-9-5-3-6-10-15)16-11-7-4-8-12-16;1-11(2)13(15)9-6-10-14(16)12-7-4-3-5-8-12;1-8(2)11(15)7-14-12(16)9-5-3-4-6-10(9)13(14)17;1-9(2)13(15)12-8-7-10-5-3-4-6-11(10)14-12;1-8(2)10(13)5-9-3-4-11-12(6-9)15-7-14-11;1-7(2)10(12)8-3-5-9(6-4-8)15(11,13)14;1-6(2)9(12)7-3-8(10)5-11-4-7;1-8(2)12(10,11)9-6-4-3-5-7-9;1-4(2)6(11)3-5-7(12)10-8(13)9-5/h3-12,14,17H,13H2,1-2H3;3-5,7-8,11H,6,9-10H2,1-2H3;3-6,8H,7H2,1-2H3;3-9H,1-2H3;3-4,6,8H,5,7H2,1-2H3;3-7H,1-2H3,(H2,11,13,14);3-6H,1-2H3;3-8H,1-2H3;4-5H,3H2,1-2H3,(H2,9,10,12,13). The van der Waals surface area contributed by atoms with Crippen LogP contribution in [0, 0.1) is 47.3 Å². The predicted molar refractivity (Wildman–Crippen MR) is 524 cm³/mol. The number of benzene rings is 8. The molecule has 0 saturated carbocycles. The largest absolute Gasteiger partial charge is 0.454 e. The molecule has 2 aromatic heterocycles. The second kappa shape index (κ2) is 55.1. The van der Waals surface area contributed by atoms with Gasteiger partial charge in [-0.25, -0.2) is 31.8 Å². The van der Waals surface area contributed by atoms with E-state index in [4.69, 9.17) is 14.6 Å². The molecular formula is C106H125BrN6O19S2. The molecule has 1 atom stereocenters. The lowest BCUT2D eigenvalue weighted by Crippen LogP contribution is -2.36. The highest BCUT2D eigenvalue weighted by Crippen LogP contribution is 2.34. The summed E-state index contributed by atoms with van der Waals surface area (Å²) in [5.74, 6) is 1.37. The Kier molecular flexibility index (Phi) is 46.0. The van der Waals surface area contributed by atoms with Crippen LogP contribution in [0.15, 0.2) is 257 Å². The molecule has 0 aliphatic carbocycles. The van der Waals surface area contributed by atoms with Crippen LogP contribution in [-0.2, 0) is 55.0 Å². The topological polar surface area (TPSA) is 388 Å². The van der Waals surface area contributed by atoms with Crippen LogP contribution in [0.25, 0.3) is 10.9 Å². The number of halogens is 1. The van der Waals surface area contributed by atoms with Gasteiger partial charge in [0.25, 0.3) is 17.7 Å². The summed E-state index contributed by atoms with van der Waals surface area (Å²) >= 11 is 3.26. The number of sulfonamides is 1. The van der Waals surface area contributed by atoms with E-state index in [9.17, 15) is 79.2 Å². The number of Topliss-reactive ketones (excluding diaryl/α,β-unsaturated/α-hetero) is 9. The Bertz CT molecular complexity index is 5810. The first-order valence-corrected chi connectivity index (χ1v) is 48.3. The SMILES string of the molecule is CC(C)C(=O)CC(c1ccccc1)c1ccccc1.CC(C)C(=O)CC1NC(=O)NC1=O.CC(C)C(=O)CCCC(=O)c1ccccc1.CC(C)C(=O)CN1C(=O)c2ccccc2C1=O.CC(C)C(=O)Cc1ccc2c(c1)OCO2.CC(C)C(=O)c1ccc(S(N)(=O)=O)cc1.CC(C)C(=O)c1ccc2ccccc2n1.CC(C)C(=O)c1cncc(Br)c1.CC(C)S(=O)(=O)c1ccccc1. The minimum atomic E-state index is -3.68. The summed E-state index contributed by atoms with van der Waals surface area (Å²) in [5, 5.41) is 10.1. The molecule has 1 unspecified atom stereocenters. The lowest BCUT2D eigenvalue weighted by atomic mass is 9.85. The number of carbonyl (C=O) groups excluding carboxylic acids is 13. The fourth-order valence-corrected chi connectivity index (χ4v) is 14.3. The molecule has 134 heavy (non-hydrogen) atoms. The first-order chi connectivity index (χ1) is 63.1. The van der Waals surface area contributed by atoms with Crippen molar-refractivity contribution >= 4 is 122 Å². The second-order valence-electron chi connectivity index (χ2n) is 34.5. The summed E-state index contributed by atoms with van der Waals surface area (Å²) < 4.78 is 56.2. The number of fused-ring (bicyclic) bond motifs is 3. The highest BCUT2D eigenvalue weighted by molar-refractivity contribution is 9.10. The van der Waals surface area contributed by atoms with Gasteiger partial charge in [0.2, 0.25) is 16.8 Å². The highest BCUT2D eigenvalue weighted by atomic mass is 79.9. The number of pyridine rings is 2. The van der Waals surface area contributed by atoms with Crippen molar-refractivity contribution in [1.29, 1.82) is 0 Å². The van der Waals surface area contributed by atoms with Gasteiger partial charge in [-0.15, -0.1) is 0 Å². The van der Waals surface area contributed by atoms with Gasteiger partial charge < -0.3 is 14.8 Å². The van der Waals surface area contributed by atoms with E-state index in [0.717, 1.165) is 42.9 Å². The molecule has 712 valence electrons. The summed E-state index contributed by atoms with van der Waals surface area (Å²) in [6, 6.07) is 68.3. The highest BCUT2D eigenvalue weighted by Gasteiger charge is 2.37. The number of amides is 5. The number of primary sulfonamides is 1. The third kappa shape index (κ3) is 36.7. The summed E-state index contributed by atoms with van der Waals surface area (Å²) in [7, 11) is -6.75. The van der Waals surface area contributed by atoms with Crippen LogP contribution in [0.2, 0.25) is 0 Å². The molecule has 5 heterocycles. The van der Waals surface area contributed by atoms with Crippen molar-refractivity contribution in [2.45, 2.75) is 190 Å². The molecule has 3 aliphatic rings. The van der Waals surface area contributed by atoms with Crippen molar-refractivity contribution in [2.75, 3.05) is 13.3 Å². The van der Waals surface area contributed by atoms with Crippen molar-refractivity contribution in [2.24, 2.45) is 52.5 Å². The molecule has 1 saturated heterocycles. The molecule has 0 spiro atoms. The third-order valence-corrected chi connectivity index (χ3v) is 24.3. The average Bonchev–Trinajstić information content (AvgIpc) is 1.63. The van der Waals surface area contributed by atoms with Crippen molar-refractivity contribution in [3.05, 3.63) is 298 Å². The number of para-hydroxylation sites is 1. The molecule has 0 radical (unpaired) electrons. The Morgan fingerprint density at radius 1 is 0.455 bits per heavy atom. The normalized spacial score (nSPS) is 12.7. The molecule has 10 aromatic rings. The van der Waals surface area contributed by atoms with Gasteiger partial charge in [-0.3, -0.25) is 72.7 Å². The number of nitrogens with zero attached hydrogens (tertiary/aromatic N) is 3. The van der Waals surface area contributed by atoms with Gasteiger partial charge in [0.05, 0.1) is 38.2 Å². The van der Waals surface area contributed by atoms with E-state index in [2.05, 4.69) is 60.8 Å². The van der Waals surface area contributed by atoms with E-state index in [-0.39, 0.29) is 141 Å². The molecule has 1 fully saturated rings. The number of urea groups is 1. The molecule has 0 bridgehead atoms. The van der Waals surface area contributed by atoms with Gasteiger partial charge in [0, 0.05) is 124 Å². The number of sulfone groups is 1. The molecule has 5 amide bonds. The van der Waals surface area contributed by atoms with Gasteiger partial charge in [0.1, 0.15) is 34.9 Å². The zero-order chi connectivity index (χ0) is 99.9. The van der Waals surface area contributed by atoms with Gasteiger partial charge in [-0.1, -0.05) is 275 Å². The number of aromatic nitrogens is 2. The monoisotopic (exact) mass is 1930 g/mol. The first-order valence-electron chi connectivity index (χ1n) is 44.4. The van der Waals surface area contributed by atoms with Crippen LogP contribution in [0.4, 0.5) is 4.79 Å². The number of carbonyl (C=O) groups is 13. The van der Waals surface area contributed by atoms with E-state index in [1.807, 2.05) is 184 Å². The van der Waals surface area contributed by atoms with Crippen molar-refractivity contribution < 1.29 is 88.6 Å². The van der Waals surface area contributed by atoms with Crippen LogP contribution >= 0.6 is 15.9 Å². The maximum Gasteiger partial charge on any atom is 0.322 e. The smallest absolute Gasteiger partial charge is 0.322 e. The Morgan fingerprint density at radius 2 is 0.933 bits per heavy atom. The van der Waals surface area contributed by atoms with Crippen molar-refractivity contribution in [1.82, 2.24) is 25.5 Å². The number of hydrogen-bond donors (Lipinski definition) is 3. The number of hydrogen-bond acceptors (Lipinski definition) is 21.